The minimum atomic E-state index is -0.126. The van der Waals surface area contributed by atoms with Crippen LogP contribution in [0.1, 0.15) is 30.1 Å². The van der Waals surface area contributed by atoms with Crippen molar-refractivity contribution in [2.24, 2.45) is 0 Å². The van der Waals surface area contributed by atoms with Crippen molar-refractivity contribution >= 4 is 5.91 Å². The molecule has 0 aliphatic rings. The number of rotatable bonds is 7. The molecule has 7 nitrogen and oxygen atoms in total. The third-order valence-electron chi connectivity index (χ3n) is 5.09. The second-order valence-corrected chi connectivity index (χ2v) is 7.36. The first kappa shape index (κ1) is 21.1. The van der Waals surface area contributed by atoms with Crippen LogP contribution in [-0.4, -0.2) is 37.4 Å². The van der Waals surface area contributed by atoms with E-state index in [-0.39, 0.29) is 17.4 Å². The Labute approximate surface area is 186 Å². The summed E-state index contributed by atoms with van der Waals surface area (Å²) >= 11 is 0. The van der Waals surface area contributed by atoms with Gasteiger partial charge in [0.2, 0.25) is 0 Å². The van der Waals surface area contributed by atoms with Gasteiger partial charge in [0.05, 0.1) is 16.8 Å². The molecular formula is C25H24N4O3. The lowest BCUT2D eigenvalue weighted by molar-refractivity contribution is 0.0953. The Hall–Kier alpha value is -4.13. The largest absolute Gasteiger partial charge is 0.507 e. The van der Waals surface area contributed by atoms with Gasteiger partial charge in [0.25, 0.3) is 5.91 Å². The molecule has 0 saturated carbocycles. The Morgan fingerprint density at radius 2 is 1.53 bits per heavy atom. The number of phenolic OH excluding ortho intramolecular Hbond substituents is 2. The number of nitrogens with zero attached hydrogens (tertiary/aromatic N) is 3. The molecular weight excluding hydrogens is 404 g/mol. The number of carbonyl (C=O) groups is 1. The van der Waals surface area contributed by atoms with E-state index in [1.807, 2.05) is 0 Å². The van der Waals surface area contributed by atoms with E-state index < -0.39 is 0 Å². The fourth-order valence-corrected chi connectivity index (χ4v) is 3.34. The van der Waals surface area contributed by atoms with Crippen molar-refractivity contribution in [3.05, 3.63) is 78.4 Å². The van der Waals surface area contributed by atoms with E-state index in [2.05, 4.69) is 22.3 Å². The summed E-state index contributed by atoms with van der Waals surface area (Å²) in [5, 5.41) is 28.2. The smallest absolute Gasteiger partial charge is 0.251 e. The van der Waals surface area contributed by atoms with Gasteiger partial charge in [-0.25, -0.2) is 9.67 Å². The van der Waals surface area contributed by atoms with Crippen molar-refractivity contribution in [1.82, 2.24) is 20.1 Å². The van der Waals surface area contributed by atoms with E-state index in [4.69, 9.17) is 0 Å². The van der Waals surface area contributed by atoms with Gasteiger partial charge in [0.15, 0.2) is 11.6 Å². The van der Waals surface area contributed by atoms with Gasteiger partial charge in [-0.1, -0.05) is 37.6 Å². The normalized spacial score (nSPS) is 10.8. The maximum absolute atomic E-state index is 12.3. The van der Waals surface area contributed by atoms with Crippen LogP contribution in [0.4, 0.5) is 0 Å². The molecule has 3 aromatic carbocycles. The highest BCUT2D eigenvalue weighted by Crippen LogP contribution is 2.33. The van der Waals surface area contributed by atoms with Crippen molar-refractivity contribution in [2.45, 2.75) is 19.8 Å². The molecule has 0 fully saturated rings. The van der Waals surface area contributed by atoms with Gasteiger partial charge in [0, 0.05) is 12.1 Å². The fourth-order valence-electron chi connectivity index (χ4n) is 3.34. The SMILES string of the molecule is CCCCNC(=O)c1ccc(-n2nc(-c3ccccc3O)nc2-c2ccccc2O)cc1. The lowest BCUT2D eigenvalue weighted by Gasteiger charge is -2.09. The Bertz CT molecular complexity index is 1230. The quantitative estimate of drug-likeness (QED) is 0.375. The predicted molar refractivity (Wildman–Crippen MR) is 123 cm³/mol. The number of hydrogen-bond donors (Lipinski definition) is 3. The highest BCUT2D eigenvalue weighted by molar-refractivity contribution is 5.94. The van der Waals surface area contributed by atoms with E-state index in [0.29, 0.717) is 40.6 Å². The Balaban J connectivity index is 1.75. The van der Waals surface area contributed by atoms with Gasteiger partial charge < -0.3 is 15.5 Å². The number of benzene rings is 3. The summed E-state index contributed by atoms with van der Waals surface area (Å²) in [4.78, 5) is 16.9. The first-order chi connectivity index (χ1) is 15.6. The molecule has 0 radical (unpaired) electrons. The number of carbonyl (C=O) groups excluding carboxylic acids is 1. The molecule has 1 amide bonds. The number of unbranched alkanes of at least 4 members (excludes halogenated alkanes) is 1. The number of para-hydroxylation sites is 2. The standard InChI is InChI=1S/C25H24N4O3/c1-2-3-16-26-25(32)17-12-14-18(15-13-17)29-24(20-9-5-7-11-22(20)31)27-23(28-29)19-8-4-6-10-21(19)30/h4-15,30-31H,2-3,16H2,1H3,(H,26,32). The van der Waals surface area contributed by atoms with Gasteiger partial charge in [-0.05, 0) is 55.0 Å². The van der Waals surface area contributed by atoms with Crippen LogP contribution in [0.3, 0.4) is 0 Å². The van der Waals surface area contributed by atoms with Crippen molar-refractivity contribution < 1.29 is 15.0 Å². The lowest BCUT2D eigenvalue weighted by Crippen LogP contribution is -2.24. The number of aromatic hydroxyl groups is 2. The van der Waals surface area contributed by atoms with E-state index in [9.17, 15) is 15.0 Å². The minimum Gasteiger partial charge on any atom is -0.507 e. The van der Waals surface area contributed by atoms with Crippen molar-refractivity contribution in [3.63, 3.8) is 0 Å². The number of amides is 1. The van der Waals surface area contributed by atoms with Crippen LogP contribution in [0, 0.1) is 0 Å². The van der Waals surface area contributed by atoms with E-state index >= 15 is 0 Å². The van der Waals surface area contributed by atoms with Crippen LogP contribution < -0.4 is 5.32 Å². The average molecular weight is 428 g/mol. The number of hydrogen-bond acceptors (Lipinski definition) is 5. The van der Waals surface area contributed by atoms with Crippen LogP contribution in [0.5, 0.6) is 11.5 Å². The summed E-state index contributed by atoms with van der Waals surface area (Å²) < 4.78 is 1.59. The van der Waals surface area contributed by atoms with E-state index in [0.717, 1.165) is 12.8 Å². The monoisotopic (exact) mass is 428 g/mol. The number of phenols is 2. The van der Waals surface area contributed by atoms with Gasteiger partial charge in [-0.2, -0.15) is 0 Å². The fraction of sp³-hybridized carbons (Fsp3) is 0.160. The molecule has 0 unspecified atom stereocenters. The molecule has 1 aromatic heterocycles. The molecule has 162 valence electrons. The lowest BCUT2D eigenvalue weighted by atomic mass is 10.1. The summed E-state index contributed by atoms with van der Waals surface area (Å²) in [5.74, 6) is 0.744. The zero-order valence-electron chi connectivity index (χ0n) is 17.7. The molecule has 4 aromatic rings. The summed E-state index contributed by atoms with van der Waals surface area (Å²) in [6, 6.07) is 20.7. The van der Waals surface area contributed by atoms with Crippen LogP contribution in [-0.2, 0) is 0 Å². The summed E-state index contributed by atoms with van der Waals surface area (Å²) in [5.41, 5.74) is 2.20. The maximum Gasteiger partial charge on any atom is 0.251 e. The Morgan fingerprint density at radius 1 is 0.906 bits per heavy atom. The van der Waals surface area contributed by atoms with Gasteiger partial charge in [-0.15, -0.1) is 5.10 Å². The average Bonchev–Trinajstić information content (AvgIpc) is 3.25. The summed E-state index contributed by atoms with van der Waals surface area (Å²) in [7, 11) is 0. The first-order valence-electron chi connectivity index (χ1n) is 10.5. The molecule has 1 heterocycles. The highest BCUT2D eigenvalue weighted by Gasteiger charge is 2.19. The van der Waals surface area contributed by atoms with Crippen LogP contribution in [0.2, 0.25) is 0 Å². The third kappa shape index (κ3) is 4.32. The second kappa shape index (κ2) is 9.34. The van der Waals surface area contributed by atoms with Crippen LogP contribution >= 0.6 is 0 Å². The number of nitrogens with one attached hydrogen (secondary N) is 1. The highest BCUT2D eigenvalue weighted by atomic mass is 16.3. The molecule has 0 bridgehead atoms. The van der Waals surface area contributed by atoms with Crippen molar-refractivity contribution in [2.75, 3.05) is 6.54 Å². The minimum absolute atomic E-state index is 0.0626. The predicted octanol–water partition coefficient (Wildman–Crippen LogP) is 4.54. The molecule has 7 heteroatoms. The van der Waals surface area contributed by atoms with Crippen LogP contribution in [0.15, 0.2) is 72.8 Å². The summed E-state index contributed by atoms with van der Waals surface area (Å²) in [6.45, 7) is 2.71. The van der Waals surface area contributed by atoms with Crippen molar-refractivity contribution in [1.29, 1.82) is 0 Å². The van der Waals surface area contributed by atoms with Gasteiger partial charge in [-0.3, -0.25) is 4.79 Å². The Kier molecular flexibility index (Phi) is 6.17. The molecule has 0 aliphatic carbocycles. The molecule has 0 spiro atoms. The zero-order chi connectivity index (χ0) is 22.5. The van der Waals surface area contributed by atoms with Crippen LogP contribution in [0.25, 0.3) is 28.5 Å². The maximum atomic E-state index is 12.3. The van der Waals surface area contributed by atoms with E-state index in [1.54, 1.807) is 77.5 Å². The molecule has 0 atom stereocenters. The molecule has 0 saturated heterocycles. The molecule has 32 heavy (non-hydrogen) atoms. The molecule has 3 N–H and O–H groups in total. The number of aromatic nitrogens is 3. The van der Waals surface area contributed by atoms with Gasteiger partial charge in [0.1, 0.15) is 11.5 Å². The topological polar surface area (TPSA) is 100 Å². The van der Waals surface area contributed by atoms with Gasteiger partial charge >= 0.3 is 0 Å². The third-order valence-corrected chi connectivity index (χ3v) is 5.09. The van der Waals surface area contributed by atoms with Crippen molar-refractivity contribution in [3.8, 4) is 40.0 Å². The molecule has 4 rings (SSSR count). The second-order valence-electron chi connectivity index (χ2n) is 7.36. The summed E-state index contributed by atoms with van der Waals surface area (Å²) in [6.07, 6.45) is 1.95. The first-order valence-corrected chi connectivity index (χ1v) is 10.5. The zero-order valence-corrected chi connectivity index (χ0v) is 17.7. The molecule has 0 aliphatic heterocycles. The Morgan fingerprint density at radius 3 is 2.16 bits per heavy atom. The van der Waals surface area contributed by atoms with E-state index in [1.165, 1.54) is 0 Å².